The Morgan fingerprint density at radius 2 is 1.07 bits per heavy atom. The molecule has 14 heavy (non-hydrogen) atoms. The van der Waals surface area contributed by atoms with E-state index in [1.165, 1.54) is 10.5 Å². The summed E-state index contributed by atoms with van der Waals surface area (Å²) in [6.07, 6.45) is 17.0. The van der Waals surface area contributed by atoms with Crippen LogP contribution in [0.1, 0.15) is 0 Å². The van der Waals surface area contributed by atoms with Crippen molar-refractivity contribution in [3.05, 3.63) is 61.9 Å². The third kappa shape index (κ3) is 4.72. The SMILES string of the molecule is [CH]1[CH][CH][C](S[Se]S[C]2[CH][CH][CH][CH]2)[CH]1.[Fe]. The fraction of sp³-hybridized carbons (Fsp3) is 0. The van der Waals surface area contributed by atoms with E-state index < -0.39 is 0 Å². The molecule has 0 nitrogen and oxygen atoms in total. The monoisotopic (exact) mass is 328 g/mol. The normalized spacial score (nSPS) is 24.0. The molecule has 0 aromatic rings. The van der Waals surface area contributed by atoms with Crippen molar-refractivity contribution in [1.29, 1.82) is 0 Å². The first-order valence-corrected chi connectivity index (χ1v) is 9.58. The molecule has 0 atom stereocenters. The van der Waals surface area contributed by atoms with Crippen LogP contribution in [0.3, 0.4) is 0 Å². The Balaban J connectivity index is 0.000000980. The van der Waals surface area contributed by atoms with Crippen LogP contribution in [-0.2, 0) is 17.1 Å². The quantitative estimate of drug-likeness (QED) is 0.729. The average molecular weight is 327 g/mol. The van der Waals surface area contributed by atoms with Gasteiger partial charge in [0.15, 0.2) is 0 Å². The summed E-state index contributed by atoms with van der Waals surface area (Å²) in [6.45, 7) is 0. The van der Waals surface area contributed by atoms with Gasteiger partial charge in [-0.3, -0.25) is 0 Å². The maximum Gasteiger partial charge on any atom is 0 e. The Bertz CT molecular complexity index is 129. The Hall–Kier alpha value is 1.74. The smallest absolute Gasteiger partial charge is 0 e. The van der Waals surface area contributed by atoms with Gasteiger partial charge < -0.3 is 0 Å². The van der Waals surface area contributed by atoms with Crippen molar-refractivity contribution in [2.24, 2.45) is 0 Å². The summed E-state index contributed by atoms with van der Waals surface area (Å²) < 4.78 is 0. The molecule has 0 heterocycles. The van der Waals surface area contributed by atoms with E-state index in [1.54, 1.807) is 0 Å². The van der Waals surface area contributed by atoms with Crippen molar-refractivity contribution >= 4 is 33.1 Å². The molecular weight excluding hydrogens is 319 g/mol. The van der Waals surface area contributed by atoms with Crippen molar-refractivity contribution in [1.82, 2.24) is 0 Å². The van der Waals surface area contributed by atoms with Crippen molar-refractivity contribution in [3.8, 4) is 0 Å². The summed E-state index contributed by atoms with van der Waals surface area (Å²) in [6, 6.07) is 0. The van der Waals surface area contributed by atoms with Crippen LogP contribution in [0.15, 0.2) is 0 Å². The average Bonchev–Trinajstić information content (AvgIpc) is 2.75. The molecule has 0 amide bonds. The van der Waals surface area contributed by atoms with Gasteiger partial charge in [0.1, 0.15) is 0 Å². The first-order valence-electron chi connectivity index (χ1n) is 3.90. The van der Waals surface area contributed by atoms with E-state index in [1.807, 2.05) is 20.4 Å². The predicted molar refractivity (Wildman–Crippen MR) is 61.8 cm³/mol. The first kappa shape index (κ1) is 13.8. The summed E-state index contributed by atoms with van der Waals surface area (Å²) in [5.74, 6) is 0. The van der Waals surface area contributed by atoms with Crippen LogP contribution in [0.4, 0.5) is 0 Å². The molecule has 10 radical (unpaired) electrons. The zero-order valence-electron chi connectivity index (χ0n) is 7.20. The minimum absolute atomic E-state index is 0. The van der Waals surface area contributed by atoms with Crippen LogP contribution in [0, 0.1) is 61.9 Å². The van der Waals surface area contributed by atoms with E-state index >= 15 is 0 Å². The largest absolute Gasteiger partial charge is 0 e. The summed E-state index contributed by atoms with van der Waals surface area (Å²) >= 11 is 0.558. The topological polar surface area (TPSA) is 0 Å². The summed E-state index contributed by atoms with van der Waals surface area (Å²) in [5, 5.41) is 2.78. The fourth-order valence-electron chi connectivity index (χ4n) is 0.919. The molecule has 0 aromatic carbocycles. The Labute approximate surface area is 111 Å². The van der Waals surface area contributed by atoms with Crippen LogP contribution in [0.5, 0.6) is 0 Å². The number of hydrogen-bond donors (Lipinski definition) is 0. The van der Waals surface area contributed by atoms with Crippen molar-refractivity contribution in [2.45, 2.75) is 0 Å². The summed E-state index contributed by atoms with van der Waals surface area (Å²) in [5.41, 5.74) is 0. The van der Waals surface area contributed by atoms with Gasteiger partial charge in [0, 0.05) is 17.1 Å². The number of hydrogen-bond acceptors (Lipinski definition) is 2. The molecular formula is C10H8FeS2Se. The minimum atomic E-state index is 0. The van der Waals surface area contributed by atoms with E-state index in [4.69, 9.17) is 0 Å². The van der Waals surface area contributed by atoms with E-state index in [9.17, 15) is 0 Å². The molecule has 2 rings (SSSR count). The van der Waals surface area contributed by atoms with Gasteiger partial charge in [0.25, 0.3) is 0 Å². The van der Waals surface area contributed by atoms with Crippen LogP contribution in [0.2, 0.25) is 0 Å². The van der Waals surface area contributed by atoms with Gasteiger partial charge >= 0.3 is 94.9 Å². The van der Waals surface area contributed by atoms with Crippen LogP contribution < -0.4 is 0 Å². The minimum Gasteiger partial charge on any atom is 0 e. The molecule has 2 aliphatic carbocycles. The predicted octanol–water partition coefficient (Wildman–Crippen LogP) is 2.71. The second-order valence-electron chi connectivity index (χ2n) is 2.48. The Kier molecular flexibility index (Phi) is 7.81. The molecule has 0 bridgehead atoms. The van der Waals surface area contributed by atoms with E-state index in [2.05, 4.69) is 51.4 Å². The molecule has 2 saturated carbocycles. The third-order valence-electron chi connectivity index (χ3n) is 1.52. The van der Waals surface area contributed by atoms with E-state index in [0.29, 0.717) is 12.7 Å². The zero-order chi connectivity index (χ0) is 8.93. The second-order valence-corrected chi connectivity index (χ2v) is 8.96. The molecule has 0 aromatic heterocycles. The molecule has 0 aliphatic heterocycles. The zero-order valence-corrected chi connectivity index (χ0v) is 11.6. The molecule has 0 unspecified atom stereocenters. The molecule has 0 saturated heterocycles. The van der Waals surface area contributed by atoms with Gasteiger partial charge in [-0.15, -0.1) is 0 Å². The maximum absolute atomic E-state index is 2.16. The Morgan fingerprint density at radius 1 is 0.714 bits per heavy atom. The summed E-state index contributed by atoms with van der Waals surface area (Å²) in [7, 11) is 3.90. The van der Waals surface area contributed by atoms with Crippen LogP contribution in [0.25, 0.3) is 0 Å². The molecule has 74 valence electrons. The molecule has 0 N–H and O–H groups in total. The van der Waals surface area contributed by atoms with Gasteiger partial charge in [0.05, 0.1) is 0 Å². The van der Waals surface area contributed by atoms with Crippen LogP contribution >= 0.6 is 20.4 Å². The molecule has 0 spiro atoms. The third-order valence-corrected chi connectivity index (χ3v) is 7.99. The second kappa shape index (κ2) is 7.92. The fourth-order valence-corrected chi connectivity index (χ4v) is 7.23. The van der Waals surface area contributed by atoms with Gasteiger partial charge in [0.2, 0.25) is 0 Å². The van der Waals surface area contributed by atoms with Crippen molar-refractivity contribution in [3.63, 3.8) is 0 Å². The molecule has 2 aliphatic rings. The van der Waals surface area contributed by atoms with Gasteiger partial charge in [-0.05, 0) is 0 Å². The van der Waals surface area contributed by atoms with Crippen LogP contribution in [-0.4, -0.2) is 12.7 Å². The standard InChI is InChI=1S/C10H8S2Se.Fe/c1-2-6-9(5-1)11-13-12-10-7-3-4-8-10;/h1-8H;. The van der Waals surface area contributed by atoms with Crippen molar-refractivity contribution in [2.75, 3.05) is 0 Å². The van der Waals surface area contributed by atoms with Crippen molar-refractivity contribution < 1.29 is 17.1 Å². The van der Waals surface area contributed by atoms with E-state index in [0.717, 1.165) is 0 Å². The maximum atomic E-state index is 2.16. The Morgan fingerprint density at radius 3 is 1.43 bits per heavy atom. The molecule has 4 heteroatoms. The van der Waals surface area contributed by atoms with Gasteiger partial charge in [-0.1, -0.05) is 0 Å². The number of rotatable bonds is 4. The molecule has 2 fully saturated rings. The first-order chi connectivity index (χ1) is 6.45. The van der Waals surface area contributed by atoms with Gasteiger partial charge in [-0.2, -0.15) is 0 Å². The summed E-state index contributed by atoms with van der Waals surface area (Å²) in [4.78, 5) is 0. The van der Waals surface area contributed by atoms with Gasteiger partial charge in [-0.25, -0.2) is 0 Å². The van der Waals surface area contributed by atoms with E-state index in [-0.39, 0.29) is 17.1 Å².